The third-order valence-corrected chi connectivity index (χ3v) is 2.05. The second-order valence-electron chi connectivity index (χ2n) is 3.28. The van der Waals surface area contributed by atoms with E-state index in [1.165, 1.54) is 6.20 Å². The highest BCUT2D eigenvalue weighted by Gasteiger charge is 2.09. The molecule has 0 bridgehead atoms. The Hall–Kier alpha value is -2.17. The van der Waals surface area contributed by atoms with Crippen molar-refractivity contribution in [2.75, 3.05) is 0 Å². The fourth-order valence-corrected chi connectivity index (χ4v) is 1.24. The molecule has 2 aromatic heterocycles. The molecule has 0 aliphatic heterocycles. The number of rotatable bonds is 3. The van der Waals surface area contributed by atoms with E-state index in [0.29, 0.717) is 12.4 Å². The molecule has 0 aliphatic rings. The summed E-state index contributed by atoms with van der Waals surface area (Å²) >= 11 is 0. The van der Waals surface area contributed by atoms with Crippen LogP contribution < -0.4 is 5.32 Å². The van der Waals surface area contributed by atoms with E-state index in [2.05, 4.69) is 15.3 Å². The maximum atomic E-state index is 11.6. The molecule has 1 amide bonds. The van der Waals surface area contributed by atoms with Gasteiger partial charge in [0.25, 0.3) is 5.91 Å². The van der Waals surface area contributed by atoms with Gasteiger partial charge in [-0.2, -0.15) is 0 Å². The summed E-state index contributed by atoms with van der Waals surface area (Å²) in [7, 11) is 0. The smallest absolute Gasteiger partial charge is 0.288 e. The van der Waals surface area contributed by atoms with Crippen LogP contribution in [0, 0.1) is 6.92 Å². The molecule has 0 aliphatic carbocycles. The molecule has 16 heavy (non-hydrogen) atoms. The summed E-state index contributed by atoms with van der Waals surface area (Å²) < 4.78 is 5.10. The molecular weight excluding hydrogens is 206 g/mol. The predicted molar refractivity (Wildman–Crippen MR) is 56.6 cm³/mol. The highest BCUT2D eigenvalue weighted by Crippen LogP contribution is 2.02. The first-order valence-corrected chi connectivity index (χ1v) is 4.85. The minimum absolute atomic E-state index is 0.228. The maximum Gasteiger partial charge on any atom is 0.288 e. The predicted octanol–water partition coefficient (Wildman–Crippen LogP) is 1.31. The quantitative estimate of drug-likeness (QED) is 0.841. The van der Waals surface area contributed by atoms with Gasteiger partial charge in [-0.05, 0) is 17.7 Å². The van der Waals surface area contributed by atoms with Crippen molar-refractivity contribution >= 4 is 5.91 Å². The number of pyridine rings is 1. The van der Waals surface area contributed by atoms with Gasteiger partial charge < -0.3 is 9.73 Å². The first kappa shape index (κ1) is 10.4. The molecule has 82 valence electrons. The lowest BCUT2D eigenvalue weighted by molar-refractivity contribution is 0.0922. The van der Waals surface area contributed by atoms with E-state index >= 15 is 0 Å². The number of amides is 1. The largest absolute Gasteiger partial charge is 0.436 e. The lowest BCUT2D eigenvalue weighted by Crippen LogP contribution is -2.22. The van der Waals surface area contributed by atoms with Gasteiger partial charge in [0, 0.05) is 25.9 Å². The average molecular weight is 217 g/mol. The Labute approximate surface area is 92.5 Å². The molecule has 1 N–H and O–H groups in total. The number of oxazole rings is 1. The van der Waals surface area contributed by atoms with Crippen molar-refractivity contribution in [2.24, 2.45) is 0 Å². The van der Waals surface area contributed by atoms with Crippen LogP contribution >= 0.6 is 0 Å². The monoisotopic (exact) mass is 217 g/mol. The molecule has 0 fully saturated rings. The number of nitrogens with zero attached hydrogens (tertiary/aromatic N) is 2. The van der Waals surface area contributed by atoms with Crippen molar-refractivity contribution in [2.45, 2.75) is 13.5 Å². The number of hydrogen-bond donors (Lipinski definition) is 1. The lowest BCUT2D eigenvalue weighted by atomic mass is 10.3. The van der Waals surface area contributed by atoms with Gasteiger partial charge >= 0.3 is 0 Å². The minimum Gasteiger partial charge on any atom is -0.436 e. The summed E-state index contributed by atoms with van der Waals surface area (Å²) in [5.74, 6) is 0.443. The number of nitrogens with one attached hydrogen (secondary N) is 1. The highest BCUT2D eigenvalue weighted by atomic mass is 16.4. The van der Waals surface area contributed by atoms with E-state index in [1.807, 2.05) is 12.1 Å². The Morgan fingerprint density at radius 1 is 1.44 bits per heavy atom. The SMILES string of the molecule is Cc1ncc(C(=O)NCc2ccncc2)o1. The number of carbonyl (C=O) groups excluding carboxylic acids is 1. The molecule has 2 rings (SSSR count). The molecule has 0 unspecified atom stereocenters. The second-order valence-corrected chi connectivity index (χ2v) is 3.28. The molecule has 5 nitrogen and oxygen atoms in total. The maximum absolute atomic E-state index is 11.6. The zero-order chi connectivity index (χ0) is 11.4. The summed E-state index contributed by atoms with van der Waals surface area (Å²) in [6.07, 6.45) is 4.78. The highest BCUT2D eigenvalue weighted by molar-refractivity contribution is 5.91. The van der Waals surface area contributed by atoms with Crippen LogP contribution in [0.1, 0.15) is 22.0 Å². The molecule has 0 atom stereocenters. The van der Waals surface area contributed by atoms with Gasteiger partial charge in [0.2, 0.25) is 5.76 Å². The fraction of sp³-hybridized carbons (Fsp3) is 0.182. The van der Waals surface area contributed by atoms with E-state index < -0.39 is 0 Å². The topological polar surface area (TPSA) is 68.0 Å². The van der Waals surface area contributed by atoms with Crippen LogP contribution in [0.2, 0.25) is 0 Å². The zero-order valence-corrected chi connectivity index (χ0v) is 8.80. The van der Waals surface area contributed by atoms with Crippen LogP contribution in [-0.4, -0.2) is 15.9 Å². The van der Waals surface area contributed by atoms with Crippen LogP contribution in [0.3, 0.4) is 0 Å². The second kappa shape index (κ2) is 4.57. The minimum atomic E-state index is -0.266. The average Bonchev–Trinajstić information content (AvgIpc) is 2.74. The Bertz CT molecular complexity index is 479. The van der Waals surface area contributed by atoms with Gasteiger partial charge in [0.05, 0.1) is 6.20 Å². The molecular formula is C11H11N3O2. The van der Waals surface area contributed by atoms with Gasteiger partial charge in [-0.15, -0.1) is 0 Å². The van der Waals surface area contributed by atoms with Crippen LogP contribution in [0.15, 0.2) is 35.1 Å². The summed E-state index contributed by atoms with van der Waals surface area (Å²) in [5, 5.41) is 2.73. The molecule has 0 aromatic carbocycles. The number of aryl methyl sites for hydroxylation is 1. The van der Waals surface area contributed by atoms with Gasteiger partial charge in [0.15, 0.2) is 5.89 Å². The normalized spacial score (nSPS) is 10.1. The van der Waals surface area contributed by atoms with Crippen molar-refractivity contribution in [1.29, 1.82) is 0 Å². The molecule has 2 aromatic rings. The van der Waals surface area contributed by atoms with E-state index in [-0.39, 0.29) is 11.7 Å². The summed E-state index contributed by atoms with van der Waals surface area (Å²) in [6.45, 7) is 2.14. The van der Waals surface area contributed by atoms with E-state index in [0.717, 1.165) is 5.56 Å². The Morgan fingerprint density at radius 3 is 2.81 bits per heavy atom. The van der Waals surface area contributed by atoms with E-state index in [1.54, 1.807) is 19.3 Å². The molecule has 5 heteroatoms. The summed E-state index contributed by atoms with van der Waals surface area (Å²) in [4.78, 5) is 19.3. The van der Waals surface area contributed by atoms with Crippen molar-refractivity contribution in [3.05, 3.63) is 47.9 Å². The van der Waals surface area contributed by atoms with Gasteiger partial charge in [0.1, 0.15) is 0 Å². The number of carbonyl (C=O) groups is 1. The van der Waals surface area contributed by atoms with Crippen LogP contribution in [0.5, 0.6) is 0 Å². The number of aromatic nitrogens is 2. The first-order valence-electron chi connectivity index (χ1n) is 4.85. The Kier molecular flexibility index (Phi) is 2.95. The molecule has 0 radical (unpaired) electrons. The molecule has 2 heterocycles. The van der Waals surface area contributed by atoms with E-state index in [4.69, 9.17) is 4.42 Å². The van der Waals surface area contributed by atoms with E-state index in [9.17, 15) is 4.79 Å². The summed E-state index contributed by atoms with van der Waals surface area (Å²) in [6, 6.07) is 3.68. The third-order valence-electron chi connectivity index (χ3n) is 2.05. The first-order chi connectivity index (χ1) is 7.75. The van der Waals surface area contributed by atoms with Crippen molar-refractivity contribution < 1.29 is 9.21 Å². The van der Waals surface area contributed by atoms with Gasteiger partial charge in [-0.25, -0.2) is 4.98 Å². The molecule has 0 saturated carbocycles. The number of hydrogen-bond acceptors (Lipinski definition) is 4. The molecule has 0 saturated heterocycles. The third kappa shape index (κ3) is 2.44. The van der Waals surface area contributed by atoms with Crippen LogP contribution in [0.25, 0.3) is 0 Å². The standard InChI is InChI=1S/C11H11N3O2/c1-8-13-7-10(16-8)11(15)14-6-9-2-4-12-5-3-9/h2-5,7H,6H2,1H3,(H,14,15). The van der Waals surface area contributed by atoms with Crippen molar-refractivity contribution in [3.63, 3.8) is 0 Å². The van der Waals surface area contributed by atoms with Gasteiger partial charge in [-0.3, -0.25) is 9.78 Å². The summed E-state index contributed by atoms with van der Waals surface area (Å²) in [5.41, 5.74) is 0.986. The van der Waals surface area contributed by atoms with Crippen molar-refractivity contribution in [1.82, 2.24) is 15.3 Å². The van der Waals surface area contributed by atoms with Crippen LogP contribution in [0.4, 0.5) is 0 Å². The fourth-order valence-electron chi connectivity index (χ4n) is 1.24. The van der Waals surface area contributed by atoms with Gasteiger partial charge in [-0.1, -0.05) is 0 Å². The van der Waals surface area contributed by atoms with Crippen molar-refractivity contribution in [3.8, 4) is 0 Å². The molecule has 0 spiro atoms. The zero-order valence-electron chi connectivity index (χ0n) is 8.80. The lowest BCUT2D eigenvalue weighted by Gasteiger charge is -2.01. The Morgan fingerprint density at radius 2 is 2.19 bits per heavy atom. The Balaban J connectivity index is 1.94. The van der Waals surface area contributed by atoms with Crippen LogP contribution in [-0.2, 0) is 6.54 Å².